The fourth-order valence-electron chi connectivity index (χ4n) is 3.89. The molecule has 0 unspecified atom stereocenters. The number of hydrogen-bond acceptors (Lipinski definition) is 6. The van der Waals surface area contributed by atoms with Crippen molar-refractivity contribution < 1.29 is 14.3 Å². The van der Waals surface area contributed by atoms with Gasteiger partial charge in [-0.15, -0.1) is 0 Å². The number of amides is 2. The minimum absolute atomic E-state index is 0.102. The van der Waals surface area contributed by atoms with Gasteiger partial charge in [-0.25, -0.2) is 4.98 Å². The van der Waals surface area contributed by atoms with Gasteiger partial charge in [-0.3, -0.25) is 9.59 Å². The molecule has 31 heavy (non-hydrogen) atoms. The lowest BCUT2D eigenvalue weighted by atomic mass is 10.1. The van der Waals surface area contributed by atoms with Gasteiger partial charge in [0.25, 0.3) is 5.91 Å². The Bertz CT molecular complexity index is 1150. The van der Waals surface area contributed by atoms with Crippen molar-refractivity contribution in [3.8, 4) is 0 Å². The Kier molecular flexibility index (Phi) is 5.17. The van der Waals surface area contributed by atoms with Crippen molar-refractivity contribution >= 4 is 49.9 Å². The number of anilines is 2. The third-order valence-electron chi connectivity index (χ3n) is 5.54. The van der Waals surface area contributed by atoms with E-state index in [1.807, 2.05) is 36.4 Å². The molecule has 0 bridgehead atoms. The maximum absolute atomic E-state index is 12.6. The SMILES string of the molecule is C=C1c2ccccc2C(=O)N1CCC(=O)Nc1ccc2nc(N3CCOCC3)sc2c1. The van der Waals surface area contributed by atoms with Crippen molar-refractivity contribution in [3.05, 3.63) is 60.2 Å². The van der Waals surface area contributed by atoms with Crippen molar-refractivity contribution in [2.75, 3.05) is 43.1 Å². The maximum atomic E-state index is 12.6. The second-order valence-electron chi connectivity index (χ2n) is 7.53. The number of fused-ring (bicyclic) bond motifs is 2. The van der Waals surface area contributed by atoms with E-state index in [1.54, 1.807) is 22.3 Å². The van der Waals surface area contributed by atoms with E-state index in [0.29, 0.717) is 31.0 Å². The van der Waals surface area contributed by atoms with Gasteiger partial charge in [0.2, 0.25) is 5.91 Å². The zero-order valence-electron chi connectivity index (χ0n) is 17.0. The predicted molar refractivity (Wildman–Crippen MR) is 122 cm³/mol. The molecule has 158 valence electrons. The summed E-state index contributed by atoms with van der Waals surface area (Å²) < 4.78 is 6.43. The molecule has 2 aromatic carbocycles. The summed E-state index contributed by atoms with van der Waals surface area (Å²) in [5.74, 6) is -0.246. The highest BCUT2D eigenvalue weighted by Gasteiger charge is 2.30. The number of nitrogens with zero attached hydrogens (tertiary/aromatic N) is 3. The van der Waals surface area contributed by atoms with Crippen LogP contribution in [0.4, 0.5) is 10.8 Å². The number of thiazole rings is 1. The van der Waals surface area contributed by atoms with Crippen LogP contribution in [0.5, 0.6) is 0 Å². The van der Waals surface area contributed by atoms with Gasteiger partial charge in [-0.1, -0.05) is 36.1 Å². The van der Waals surface area contributed by atoms with Gasteiger partial charge in [0.15, 0.2) is 5.13 Å². The largest absolute Gasteiger partial charge is 0.378 e. The number of aromatic nitrogens is 1. The molecule has 1 aromatic heterocycles. The molecule has 8 heteroatoms. The van der Waals surface area contributed by atoms with Crippen LogP contribution in [0.1, 0.15) is 22.3 Å². The Morgan fingerprint density at radius 3 is 2.71 bits per heavy atom. The fourth-order valence-corrected chi connectivity index (χ4v) is 4.94. The van der Waals surface area contributed by atoms with E-state index in [4.69, 9.17) is 9.72 Å². The van der Waals surface area contributed by atoms with Crippen molar-refractivity contribution in [2.45, 2.75) is 6.42 Å². The van der Waals surface area contributed by atoms with Crippen LogP contribution in [0.2, 0.25) is 0 Å². The molecule has 0 atom stereocenters. The topological polar surface area (TPSA) is 74.8 Å². The summed E-state index contributed by atoms with van der Waals surface area (Å²) in [6, 6.07) is 13.1. The van der Waals surface area contributed by atoms with Crippen LogP contribution in [0.15, 0.2) is 49.0 Å². The van der Waals surface area contributed by atoms with Crippen LogP contribution in [-0.2, 0) is 9.53 Å². The second kappa shape index (κ2) is 8.13. The quantitative estimate of drug-likeness (QED) is 0.664. The first-order valence-electron chi connectivity index (χ1n) is 10.2. The van der Waals surface area contributed by atoms with Crippen LogP contribution in [0.3, 0.4) is 0 Å². The van der Waals surface area contributed by atoms with Gasteiger partial charge in [-0.2, -0.15) is 0 Å². The van der Waals surface area contributed by atoms with Gasteiger partial charge in [-0.05, 0) is 24.3 Å². The zero-order chi connectivity index (χ0) is 21.4. The summed E-state index contributed by atoms with van der Waals surface area (Å²) in [5.41, 5.74) is 3.76. The lowest BCUT2D eigenvalue weighted by Crippen LogP contribution is -2.36. The number of ether oxygens (including phenoxy) is 1. The lowest BCUT2D eigenvalue weighted by molar-refractivity contribution is -0.116. The molecule has 5 rings (SSSR count). The van der Waals surface area contributed by atoms with Crippen LogP contribution in [-0.4, -0.2) is 54.5 Å². The lowest BCUT2D eigenvalue weighted by Gasteiger charge is -2.25. The Morgan fingerprint density at radius 2 is 1.94 bits per heavy atom. The van der Waals surface area contributed by atoms with E-state index in [-0.39, 0.29) is 18.2 Å². The van der Waals surface area contributed by atoms with Crippen LogP contribution in [0.25, 0.3) is 15.9 Å². The standard InChI is InChI=1S/C23H22N4O3S/c1-15-17-4-2-3-5-18(17)22(29)27(15)9-8-21(28)24-16-6-7-19-20(14-16)31-23(25-19)26-10-12-30-13-11-26/h2-7,14H,1,8-13H2,(H,24,28). The monoisotopic (exact) mass is 434 g/mol. The van der Waals surface area contributed by atoms with Gasteiger partial charge < -0.3 is 19.9 Å². The van der Waals surface area contributed by atoms with E-state index in [0.717, 1.165) is 39.7 Å². The summed E-state index contributed by atoms with van der Waals surface area (Å²) in [6.45, 7) is 7.43. The molecule has 2 aliphatic heterocycles. The minimum Gasteiger partial charge on any atom is -0.378 e. The predicted octanol–water partition coefficient (Wildman–Crippen LogP) is 3.59. The third kappa shape index (κ3) is 3.80. The molecule has 2 amide bonds. The van der Waals surface area contributed by atoms with E-state index in [1.165, 1.54) is 0 Å². The van der Waals surface area contributed by atoms with Crippen molar-refractivity contribution in [2.24, 2.45) is 0 Å². The average molecular weight is 435 g/mol. The molecule has 0 spiro atoms. The Balaban J connectivity index is 1.22. The Labute approximate surface area is 183 Å². The highest BCUT2D eigenvalue weighted by molar-refractivity contribution is 7.22. The fraction of sp³-hybridized carbons (Fsp3) is 0.261. The van der Waals surface area contributed by atoms with Gasteiger partial charge >= 0.3 is 0 Å². The van der Waals surface area contributed by atoms with Crippen LogP contribution >= 0.6 is 11.3 Å². The summed E-state index contributed by atoms with van der Waals surface area (Å²) in [5, 5.41) is 3.92. The minimum atomic E-state index is -0.145. The van der Waals surface area contributed by atoms with Crippen molar-refractivity contribution in [1.29, 1.82) is 0 Å². The molecule has 1 saturated heterocycles. The Morgan fingerprint density at radius 1 is 1.16 bits per heavy atom. The zero-order valence-corrected chi connectivity index (χ0v) is 17.8. The molecule has 7 nitrogen and oxygen atoms in total. The number of nitrogens with one attached hydrogen (secondary N) is 1. The number of rotatable bonds is 5. The maximum Gasteiger partial charge on any atom is 0.258 e. The van der Waals surface area contributed by atoms with Crippen molar-refractivity contribution in [3.63, 3.8) is 0 Å². The first-order chi connectivity index (χ1) is 15.1. The number of benzene rings is 2. The smallest absolute Gasteiger partial charge is 0.258 e. The summed E-state index contributed by atoms with van der Waals surface area (Å²) in [7, 11) is 0. The molecule has 1 N–H and O–H groups in total. The summed E-state index contributed by atoms with van der Waals surface area (Å²) in [6.07, 6.45) is 0.193. The molecular weight excluding hydrogens is 412 g/mol. The number of carbonyl (C=O) groups excluding carboxylic acids is 2. The van der Waals surface area contributed by atoms with Crippen molar-refractivity contribution in [1.82, 2.24) is 9.88 Å². The van der Waals surface area contributed by atoms with E-state index < -0.39 is 0 Å². The second-order valence-corrected chi connectivity index (χ2v) is 8.53. The first kappa shape index (κ1) is 19.7. The first-order valence-corrected chi connectivity index (χ1v) is 11.0. The highest BCUT2D eigenvalue weighted by Crippen LogP contribution is 2.32. The van der Waals surface area contributed by atoms with E-state index in [2.05, 4.69) is 16.8 Å². The number of hydrogen-bond donors (Lipinski definition) is 1. The van der Waals surface area contributed by atoms with E-state index >= 15 is 0 Å². The van der Waals surface area contributed by atoms with E-state index in [9.17, 15) is 9.59 Å². The summed E-state index contributed by atoms with van der Waals surface area (Å²) in [4.78, 5) is 33.6. The van der Waals surface area contributed by atoms with Gasteiger partial charge in [0.1, 0.15) is 0 Å². The highest BCUT2D eigenvalue weighted by atomic mass is 32.1. The van der Waals surface area contributed by atoms with Gasteiger partial charge in [0.05, 0.1) is 23.4 Å². The molecular formula is C23H22N4O3S. The molecule has 0 radical (unpaired) electrons. The molecule has 0 saturated carbocycles. The molecule has 2 aliphatic rings. The number of carbonyl (C=O) groups is 2. The molecule has 0 aliphatic carbocycles. The normalized spacial score (nSPS) is 16.1. The molecule has 3 aromatic rings. The van der Waals surface area contributed by atoms with Gasteiger partial charge in [0, 0.05) is 48.6 Å². The van der Waals surface area contributed by atoms with Crippen LogP contribution in [0, 0.1) is 0 Å². The average Bonchev–Trinajstić information content (AvgIpc) is 3.32. The summed E-state index contributed by atoms with van der Waals surface area (Å²) >= 11 is 1.62. The molecule has 1 fully saturated rings. The molecule has 3 heterocycles. The number of morpholine rings is 1. The van der Waals surface area contributed by atoms with Crippen LogP contribution < -0.4 is 10.2 Å². The Hall–Kier alpha value is -3.23. The third-order valence-corrected chi connectivity index (χ3v) is 6.62.